The molecule has 0 spiro atoms. The van der Waals surface area contributed by atoms with Gasteiger partial charge >= 0.3 is 0 Å². The molecular weight excluding hydrogens is 246 g/mol. The molecule has 0 unspecified atom stereocenters. The third-order valence-electron chi connectivity index (χ3n) is 4.79. The summed E-state index contributed by atoms with van der Waals surface area (Å²) in [6.07, 6.45) is 4.99. The van der Waals surface area contributed by atoms with Crippen LogP contribution in [0.5, 0.6) is 0 Å². The lowest BCUT2D eigenvalue weighted by Gasteiger charge is -2.27. The summed E-state index contributed by atoms with van der Waals surface area (Å²) in [7, 11) is 0. The van der Waals surface area contributed by atoms with Gasteiger partial charge in [-0.25, -0.2) is 4.98 Å². The minimum atomic E-state index is 0.616. The zero-order chi connectivity index (χ0) is 14.1. The molecule has 1 heterocycles. The molecule has 1 aromatic heterocycles. The van der Waals surface area contributed by atoms with Gasteiger partial charge in [-0.3, -0.25) is 0 Å². The number of benzene rings is 1. The van der Waals surface area contributed by atoms with Crippen molar-refractivity contribution >= 4 is 11.0 Å². The van der Waals surface area contributed by atoms with Gasteiger partial charge in [-0.2, -0.15) is 0 Å². The van der Waals surface area contributed by atoms with E-state index in [1.54, 1.807) is 0 Å². The molecule has 1 aliphatic carbocycles. The lowest BCUT2D eigenvalue weighted by atomic mass is 9.81. The van der Waals surface area contributed by atoms with E-state index < -0.39 is 0 Å². The molecular formula is C17H25N3. The zero-order valence-electron chi connectivity index (χ0n) is 12.6. The summed E-state index contributed by atoms with van der Waals surface area (Å²) in [6.45, 7) is 6.20. The molecule has 2 aromatic rings. The Balaban J connectivity index is 1.95. The Morgan fingerprint density at radius 1 is 1.25 bits per heavy atom. The fourth-order valence-electron chi connectivity index (χ4n) is 3.56. The molecule has 0 atom stereocenters. The number of aryl methyl sites for hydroxylation is 2. The minimum absolute atomic E-state index is 0.616. The van der Waals surface area contributed by atoms with E-state index in [0.717, 1.165) is 24.5 Å². The van der Waals surface area contributed by atoms with E-state index in [-0.39, 0.29) is 0 Å². The molecule has 0 radical (unpaired) electrons. The van der Waals surface area contributed by atoms with E-state index in [2.05, 4.69) is 36.6 Å². The van der Waals surface area contributed by atoms with E-state index in [1.165, 1.54) is 42.6 Å². The van der Waals surface area contributed by atoms with Crippen molar-refractivity contribution in [1.82, 2.24) is 9.55 Å². The van der Waals surface area contributed by atoms with E-state index >= 15 is 0 Å². The minimum Gasteiger partial charge on any atom is -0.330 e. The highest BCUT2D eigenvalue weighted by Crippen LogP contribution is 2.36. The molecule has 2 N–H and O–H groups in total. The molecule has 0 bridgehead atoms. The van der Waals surface area contributed by atoms with Crippen molar-refractivity contribution < 1.29 is 0 Å². The number of fused-ring (bicyclic) bond motifs is 1. The van der Waals surface area contributed by atoms with Crippen LogP contribution >= 0.6 is 0 Å². The van der Waals surface area contributed by atoms with Crippen molar-refractivity contribution in [3.63, 3.8) is 0 Å². The Hall–Kier alpha value is -1.35. The maximum atomic E-state index is 5.80. The summed E-state index contributed by atoms with van der Waals surface area (Å²) in [6, 6.07) is 6.61. The predicted octanol–water partition coefficient (Wildman–Crippen LogP) is 3.60. The number of hydrogen-bond acceptors (Lipinski definition) is 2. The average molecular weight is 271 g/mol. The van der Waals surface area contributed by atoms with Crippen molar-refractivity contribution in [2.24, 2.45) is 11.7 Å². The largest absolute Gasteiger partial charge is 0.330 e. The average Bonchev–Trinajstić information content (AvgIpc) is 2.84. The van der Waals surface area contributed by atoms with Gasteiger partial charge in [0.05, 0.1) is 11.0 Å². The smallest absolute Gasteiger partial charge is 0.112 e. The Kier molecular flexibility index (Phi) is 3.79. The lowest BCUT2D eigenvalue weighted by molar-refractivity contribution is 0.321. The number of rotatable bonds is 3. The molecule has 0 amide bonds. The Morgan fingerprint density at radius 3 is 2.65 bits per heavy atom. The first-order valence-corrected chi connectivity index (χ1v) is 7.89. The molecule has 1 fully saturated rings. The SMILES string of the molecule is CCn1c(C2CCC(CN)CC2)nc2cc(C)ccc21. The molecule has 3 rings (SSSR count). The molecule has 0 aliphatic heterocycles. The van der Waals surface area contributed by atoms with Crippen LogP contribution in [-0.4, -0.2) is 16.1 Å². The Morgan fingerprint density at radius 2 is 2.00 bits per heavy atom. The third-order valence-corrected chi connectivity index (χ3v) is 4.79. The van der Waals surface area contributed by atoms with Crippen molar-refractivity contribution in [3.05, 3.63) is 29.6 Å². The zero-order valence-corrected chi connectivity index (χ0v) is 12.6. The van der Waals surface area contributed by atoms with Crippen LogP contribution in [-0.2, 0) is 6.54 Å². The topological polar surface area (TPSA) is 43.8 Å². The van der Waals surface area contributed by atoms with Crippen LogP contribution in [0, 0.1) is 12.8 Å². The van der Waals surface area contributed by atoms with Crippen LogP contribution in [0.2, 0.25) is 0 Å². The second kappa shape index (κ2) is 5.57. The highest BCUT2D eigenvalue weighted by molar-refractivity contribution is 5.77. The maximum absolute atomic E-state index is 5.80. The molecule has 108 valence electrons. The monoisotopic (exact) mass is 271 g/mol. The van der Waals surface area contributed by atoms with Gasteiger partial charge in [-0.15, -0.1) is 0 Å². The lowest BCUT2D eigenvalue weighted by Crippen LogP contribution is -2.22. The third kappa shape index (κ3) is 2.35. The summed E-state index contributed by atoms with van der Waals surface area (Å²) in [4.78, 5) is 4.95. The van der Waals surface area contributed by atoms with E-state index in [0.29, 0.717) is 5.92 Å². The van der Waals surface area contributed by atoms with E-state index in [9.17, 15) is 0 Å². The Labute approximate surface area is 121 Å². The second-order valence-corrected chi connectivity index (χ2v) is 6.16. The van der Waals surface area contributed by atoms with Gasteiger partial charge < -0.3 is 10.3 Å². The quantitative estimate of drug-likeness (QED) is 0.927. The van der Waals surface area contributed by atoms with Gasteiger partial charge in [0.1, 0.15) is 5.82 Å². The first-order valence-electron chi connectivity index (χ1n) is 7.89. The van der Waals surface area contributed by atoms with Gasteiger partial charge in [-0.05, 0) is 69.7 Å². The number of nitrogens with zero attached hydrogens (tertiary/aromatic N) is 2. The molecule has 20 heavy (non-hydrogen) atoms. The van der Waals surface area contributed by atoms with Crippen LogP contribution in [0.1, 0.15) is 49.9 Å². The van der Waals surface area contributed by atoms with Gasteiger partial charge in [0.25, 0.3) is 0 Å². The second-order valence-electron chi connectivity index (χ2n) is 6.16. The predicted molar refractivity (Wildman–Crippen MR) is 83.9 cm³/mol. The van der Waals surface area contributed by atoms with E-state index in [1.807, 2.05) is 0 Å². The number of nitrogens with two attached hydrogens (primary N) is 1. The summed E-state index contributed by atoms with van der Waals surface area (Å²) in [5.41, 5.74) is 9.53. The first-order chi connectivity index (χ1) is 9.72. The summed E-state index contributed by atoms with van der Waals surface area (Å²) < 4.78 is 2.40. The summed E-state index contributed by atoms with van der Waals surface area (Å²) in [5.74, 6) is 2.64. The molecule has 1 saturated carbocycles. The normalized spacial score (nSPS) is 23.4. The van der Waals surface area contributed by atoms with Gasteiger partial charge in [-0.1, -0.05) is 6.07 Å². The van der Waals surface area contributed by atoms with Crippen molar-refractivity contribution in [2.45, 2.75) is 52.0 Å². The van der Waals surface area contributed by atoms with Crippen molar-refractivity contribution in [2.75, 3.05) is 6.54 Å². The van der Waals surface area contributed by atoms with Crippen LogP contribution in [0.15, 0.2) is 18.2 Å². The summed E-state index contributed by atoms with van der Waals surface area (Å²) in [5, 5.41) is 0. The van der Waals surface area contributed by atoms with Gasteiger partial charge in [0.2, 0.25) is 0 Å². The van der Waals surface area contributed by atoms with Crippen molar-refractivity contribution in [1.29, 1.82) is 0 Å². The standard InChI is InChI=1S/C17H25N3/c1-3-20-16-9-4-12(2)10-15(16)19-17(20)14-7-5-13(11-18)6-8-14/h4,9-10,13-14H,3,5-8,11,18H2,1-2H3. The van der Waals surface area contributed by atoms with Gasteiger partial charge in [0.15, 0.2) is 0 Å². The maximum Gasteiger partial charge on any atom is 0.112 e. The van der Waals surface area contributed by atoms with Gasteiger partial charge in [0, 0.05) is 12.5 Å². The molecule has 3 nitrogen and oxygen atoms in total. The van der Waals surface area contributed by atoms with Crippen LogP contribution in [0.3, 0.4) is 0 Å². The number of hydrogen-bond donors (Lipinski definition) is 1. The highest BCUT2D eigenvalue weighted by Gasteiger charge is 2.25. The molecule has 1 aliphatic rings. The van der Waals surface area contributed by atoms with Crippen molar-refractivity contribution in [3.8, 4) is 0 Å². The fourth-order valence-corrected chi connectivity index (χ4v) is 3.56. The molecule has 3 heteroatoms. The highest BCUT2D eigenvalue weighted by atomic mass is 15.1. The first kappa shape index (κ1) is 13.6. The Bertz CT molecular complexity index is 592. The van der Waals surface area contributed by atoms with Crippen LogP contribution in [0.25, 0.3) is 11.0 Å². The molecule has 1 aromatic carbocycles. The molecule has 0 saturated heterocycles. The number of imidazole rings is 1. The van der Waals surface area contributed by atoms with E-state index in [4.69, 9.17) is 10.7 Å². The van der Waals surface area contributed by atoms with Crippen LogP contribution < -0.4 is 5.73 Å². The van der Waals surface area contributed by atoms with Crippen LogP contribution in [0.4, 0.5) is 0 Å². The summed E-state index contributed by atoms with van der Waals surface area (Å²) >= 11 is 0. The fraction of sp³-hybridized carbons (Fsp3) is 0.588. The number of aromatic nitrogens is 2.